The highest BCUT2D eigenvalue weighted by Gasteiger charge is 2.17. The quantitative estimate of drug-likeness (QED) is 0.672. The van der Waals surface area contributed by atoms with Gasteiger partial charge in [-0.05, 0) is 49.5 Å². The van der Waals surface area contributed by atoms with E-state index < -0.39 is 0 Å². The van der Waals surface area contributed by atoms with Gasteiger partial charge >= 0.3 is 0 Å². The van der Waals surface area contributed by atoms with Crippen molar-refractivity contribution in [2.24, 2.45) is 10.8 Å². The highest BCUT2D eigenvalue weighted by Crippen LogP contribution is 2.26. The van der Waals surface area contributed by atoms with Gasteiger partial charge in [0.2, 0.25) is 0 Å². The largest absolute Gasteiger partial charge is 0.314 e. The monoisotopic (exact) mass is 240 g/mol. The Morgan fingerprint density at radius 1 is 0.882 bits per heavy atom. The molecule has 0 saturated carbocycles. The van der Waals surface area contributed by atoms with Crippen LogP contribution in [0.15, 0.2) is 0 Å². The zero-order chi connectivity index (χ0) is 13.5. The van der Waals surface area contributed by atoms with Crippen molar-refractivity contribution in [3.63, 3.8) is 0 Å². The van der Waals surface area contributed by atoms with Gasteiger partial charge in [-0.15, -0.1) is 0 Å². The molecule has 0 saturated heterocycles. The van der Waals surface area contributed by atoms with Crippen LogP contribution in [0, 0.1) is 17.8 Å². The van der Waals surface area contributed by atoms with E-state index in [-0.39, 0.29) is 0 Å². The lowest BCUT2D eigenvalue weighted by atomic mass is 9.84. The Morgan fingerprint density at radius 2 is 1.29 bits per heavy atom. The fourth-order valence-electron chi connectivity index (χ4n) is 1.87. The molecule has 0 aromatic heterocycles. The highest BCUT2D eigenvalue weighted by molar-refractivity contribution is 4.74. The molecule has 0 spiro atoms. The van der Waals surface area contributed by atoms with Crippen molar-refractivity contribution >= 4 is 0 Å². The van der Waals surface area contributed by atoms with Crippen LogP contribution in [0.3, 0.4) is 0 Å². The van der Waals surface area contributed by atoms with Crippen molar-refractivity contribution in [3.8, 4) is 0 Å². The second kappa shape index (κ2) is 7.41. The molecule has 1 radical (unpaired) electrons. The van der Waals surface area contributed by atoms with Gasteiger partial charge in [-0.25, -0.2) is 0 Å². The zero-order valence-corrected chi connectivity index (χ0v) is 13.0. The lowest BCUT2D eigenvalue weighted by Gasteiger charge is -2.27. The first-order valence-electron chi connectivity index (χ1n) is 7.17. The second-order valence-corrected chi connectivity index (χ2v) is 7.70. The Balaban J connectivity index is 4.05. The minimum Gasteiger partial charge on any atom is -0.314 e. The predicted molar refractivity (Wildman–Crippen MR) is 79.1 cm³/mol. The minimum absolute atomic E-state index is 0.451. The lowest BCUT2D eigenvalue weighted by Crippen LogP contribution is -2.32. The molecule has 0 fully saturated rings. The molecule has 0 aliphatic heterocycles. The summed E-state index contributed by atoms with van der Waals surface area (Å²) in [6.07, 6.45) is 6.17. The van der Waals surface area contributed by atoms with Crippen molar-refractivity contribution in [1.29, 1.82) is 0 Å². The normalized spacial score (nSPS) is 13.4. The van der Waals surface area contributed by atoms with Crippen LogP contribution in [0.4, 0.5) is 0 Å². The Labute approximate surface area is 110 Å². The fraction of sp³-hybridized carbons (Fsp3) is 0.938. The van der Waals surface area contributed by atoms with Gasteiger partial charge < -0.3 is 5.32 Å². The third-order valence-corrected chi connectivity index (χ3v) is 3.10. The van der Waals surface area contributed by atoms with Gasteiger partial charge in [-0.3, -0.25) is 0 Å². The van der Waals surface area contributed by atoms with Gasteiger partial charge in [0.05, 0.1) is 0 Å². The molecule has 0 unspecified atom stereocenters. The number of hydrogen-bond donors (Lipinski definition) is 1. The van der Waals surface area contributed by atoms with Crippen molar-refractivity contribution in [2.75, 3.05) is 6.54 Å². The van der Waals surface area contributed by atoms with Crippen molar-refractivity contribution < 1.29 is 0 Å². The molecular formula is C16H34N. The van der Waals surface area contributed by atoms with Gasteiger partial charge in [-0.1, -0.05) is 48.5 Å². The molecule has 1 N–H and O–H groups in total. The van der Waals surface area contributed by atoms with E-state index in [4.69, 9.17) is 0 Å². The maximum atomic E-state index is 3.91. The average molecular weight is 240 g/mol. The summed E-state index contributed by atoms with van der Waals surface area (Å²) in [5, 5.41) is 3.65. The van der Waals surface area contributed by atoms with Crippen LogP contribution in [-0.4, -0.2) is 12.6 Å². The van der Waals surface area contributed by atoms with Crippen LogP contribution < -0.4 is 5.32 Å². The second-order valence-electron chi connectivity index (χ2n) is 7.70. The van der Waals surface area contributed by atoms with E-state index in [9.17, 15) is 0 Å². The van der Waals surface area contributed by atoms with Gasteiger partial charge in [-0.2, -0.15) is 0 Å². The third-order valence-electron chi connectivity index (χ3n) is 3.10. The Bertz CT molecular complexity index is 165. The third kappa shape index (κ3) is 12.2. The van der Waals surface area contributed by atoms with E-state index in [1.54, 1.807) is 0 Å². The van der Waals surface area contributed by atoms with E-state index in [0.717, 1.165) is 13.0 Å². The van der Waals surface area contributed by atoms with E-state index in [1.807, 2.05) is 0 Å². The Kier molecular flexibility index (Phi) is 7.39. The summed E-state index contributed by atoms with van der Waals surface area (Å²) in [6.45, 7) is 18.9. The molecule has 0 atom stereocenters. The number of rotatable bonds is 7. The smallest absolute Gasteiger partial charge is 0.00674 e. The molecule has 0 aliphatic carbocycles. The molecule has 103 valence electrons. The molecule has 1 heteroatoms. The molecule has 0 aliphatic rings. The van der Waals surface area contributed by atoms with Crippen molar-refractivity contribution in [2.45, 2.75) is 79.7 Å². The van der Waals surface area contributed by atoms with Crippen LogP contribution in [-0.2, 0) is 0 Å². The number of nitrogens with one attached hydrogen (secondary N) is 1. The Morgan fingerprint density at radius 3 is 1.59 bits per heavy atom. The molecule has 0 aromatic carbocycles. The summed E-state index contributed by atoms with van der Waals surface area (Å²) in [6, 6.07) is 0.676. The minimum atomic E-state index is 0.451. The first-order valence-corrected chi connectivity index (χ1v) is 7.17. The maximum absolute atomic E-state index is 3.91. The first kappa shape index (κ1) is 17.0. The van der Waals surface area contributed by atoms with Gasteiger partial charge in [0, 0.05) is 6.04 Å². The molecule has 17 heavy (non-hydrogen) atoms. The van der Waals surface area contributed by atoms with E-state index in [1.165, 1.54) is 25.7 Å². The Hall–Kier alpha value is -0.0400. The molecule has 0 bridgehead atoms. The first-order chi connectivity index (χ1) is 7.64. The SMILES string of the molecule is [CH2]CCNC(CCC(C)(C)C)CCC(C)(C)C. The molecule has 0 heterocycles. The van der Waals surface area contributed by atoms with Crippen molar-refractivity contribution in [1.82, 2.24) is 5.32 Å². The zero-order valence-electron chi connectivity index (χ0n) is 13.0. The number of hydrogen-bond acceptors (Lipinski definition) is 1. The van der Waals surface area contributed by atoms with Crippen LogP contribution in [0.1, 0.15) is 73.6 Å². The molecule has 0 rings (SSSR count). The standard InChI is InChI=1S/C16H34N/c1-8-13-17-14(9-11-15(2,3)4)10-12-16(5,6)7/h14,17H,1,8-13H2,2-7H3. The predicted octanol–water partition coefficient (Wildman–Crippen LogP) is 4.82. The van der Waals surface area contributed by atoms with E-state index >= 15 is 0 Å². The highest BCUT2D eigenvalue weighted by atomic mass is 14.9. The van der Waals surface area contributed by atoms with E-state index in [2.05, 4.69) is 53.8 Å². The summed E-state index contributed by atoms with van der Waals surface area (Å²) in [5.41, 5.74) is 0.901. The summed E-state index contributed by atoms with van der Waals surface area (Å²) < 4.78 is 0. The van der Waals surface area contributed by atoms with Gasteiger partial charge in [0.1, 0.15) is 0 Å². The van der Waals surface area contributed by atoms with Crippen LogP contribution in [0.2, 0.25) is 0 Å². The van der Waals surface area contributed by atoms with Crippen molar-refractivity contribution in [3.05, 3.63) is 6.92 Å². The summed E-state index contributed by atoms with van der Waals surface area (Å²) in [7, 11) is 0. The molecular weight excluding hydrogens is 206 g/mol. The summed E-state index contributed by atoms with van der Waals surface area (Å²) in [5.74, 6) is 0. The molecule has 1 nitrogen and oxygen atoms in total. The fourth-order valence-corrected chi connectivity index (χ4v) is 1.87. The average Bonchev–Trinajstić information content (AvgIpc) is 2.13. The van der Waals surface area contributed by atoms with Crippen LogP contribution in [0.5, 0.6) is 0 Å². The molecule has 0 aromatic rings. The topological polar surface area (TPSA) is 12.0 Å². The summed E-state index contributed by atoms with van der Waals surface area (Å²) >= 11 is 0. The molecule has 0 amide bonds. The van der Waals surface area contributed by atoms with Crippen LogP contribution >= 0.6 is 0 Å². The van der Waals surface area contributed by atoms with Gasteiger partial charge in [0.15, 0.2) is 0 Å². The lowest BCUT2D eigenvalue weighted by molar-refractivity contribution is 0.288. The van der Waals surface area contributed by atoms with Crippen LogP contribution in [0.25, 0.3) is 0 Å². The van der Waals surface area contributed by atoms with Gasteiger partial charge in [0.25, 0.3) is 0 Å². The summed E-state index contributed by atoms with van der Waals surface area (Å²) in [4.78, 5) is 0. The maximum Gasteiger partial charge on any atom is 0.00674 e. The van der Waals surface area contributed by atoms with E-state index in [0.29, 0.717) is 16.9 Å².